The van der Waals surface area contributed by atoms with Crippen molar-refractivity contribution in [1.29, 1.82) is 0 Å². The number of hydrogen-bond donors (Lipinski definition) is 3. The van der Waals surface area contributed by atoms with Gasteiger partial charge >= 0.3 is 5.97 Å². The third-order valence-electron chi connectivity index (χ3n) is 2.42. The lowest BCUT2D eigenvalue weighted by Crippen LogP contribution is -2.12. The van der Waals surface area contributed by atoms with Crippen molar-refractivity contribution < 1.29 is 15.0 Å². The van der Waals surface area contributed by atoms with E-state index in [-0.39, 0.29) is 12.2 Å². The molecule has 1 heterocycles. The van der Waals surface area contributed by atoms with E-state index < -0.39 is 5.97 Å². The number of hydrogen-bond acceptors (Lipinski definition) is 5. The van der Waals surface area contributed by atoms with Crippen LogP contribution in [0.2, 0.25) is 0 Å². The first-order valence-corrected chi connectivity index (χ1v) is 6.92. The summed E-state index contributed by atoms with van der Waals surface area (Å²) in [6.07, 6.45) is 0.788. The molecule has 0 unspecified atom stereocenters. The minimum Gasteiger partial charge on any atom is -0.477 e. The molecule has 0 fully saturated rings. The first kappa shape index (κ1) is 14.8. The second kappa shape index (κ2) is 7.27. The number of aliphatic hydroxyl groups is 1. The van der Waals surface area contributed by atoms with Crippen LogP contribution in [0.4, 0.5) is 5.82 Å². The average Bonchev–Trinajstić information content (AvgIpc) is 2.58. The van der Waals surface area contributed by atoms with Gasteiger partial charge in [-0.05, 0) is 19.1 Å². The Kier molecular flexibility index (Phi) is 6.00. The highest BCUT2D eigenvalue weighted by Crippen LogP contribution is 2.18. The van der Waals surface area contributed by atoms with Crippen LogP contribution >= 0.6 is 11.8 Å². The summed E-state index contributed by atoms with van der Waals surface area (Å²) in [5.41, 5.74) is 0.748. The SMILES string of the molecule is Cc1nn(C)c(NCCSCCCO)c1C(=O)O. The summed E-state index contributed by atoms with van der Waals surface area (Å²) in [4.78, 5) is 11.1. The van der Waals surface area contributed by atoms with Gasteiger partial charge in [-0.3, -0.25) is 4.68 Å². The predicted octanol–water partition coefficient (Wildman–Crippen LogP) is 0.954. The van der Waals surface area contributed by atoms with Crippen molar-refractivity contribution in [2.45, 2.75) is 13.3 Å². The lowest BCUT2D eigenvalue weighted by atomic mass is 10.2. The summed E-state index contributed by atoms with van der Waals surface area (Å²) in [5.74, 6) is 1.36. The number of anilines is 1. The highest BCUT2D eigenvalue weighted by Gasteiger charge is 2.18. The molecule has 102 valence electrons. The van der Waals surface area contributed by atoms with Crippen LogP contribution < -0.4 is 5.32 Å². The molecule has 1 aromatic heterocycles. The van der Waals surface area contributed by atoms with Crippen molar-refractivity contribution >= 4 is 23.5 Å². The van der Waals surface area contributed by atoms with Gasteiger partial charge in [-0.1, -0.05) is 0 Å². The van der Waals surface area contributed by atoms with Crippen LogP contribution in [0.1, 0.15) is 22.5 Å². The molecule has 0 aliphatic heterocycles. The van der Waals surface area contributed by atoms with Crippen molar-refractivity contribution in [2.24, 2.45) is 7.05 Å². The number of carbonyl (C=O) groups is 1. The fourth-order valence-corrected chi connectivity index (χ4v) is 2.41. The average molecular weight is 273 g/mol. The van der Waals surface area contributed by atoms with Gasteiger partial charge in [-0.25, -0.2) is 4.79 Å². The fourth-order valence-electron chi connectivity index (χ4n) is 1.63. The largest absolute Gasteiger partial charge is 0.477 e. The van der Waals surface area contributed by atoms with Crippen LogP contribution in [-0.4, -0.2) is 50.6 Å². The first-order chi connectivity index (χ1) is 8.57. The first-order valence-electron chi connectivity index (χ1n) is 5.77. The summed E-state index contributed by atoms with van der Waals surface area (Å²) in [5, 5.41) is 24.9. The predicted molar refractivity (Wildman–Crippen MR) is 72.4 cm³/mol. The Morgan fingerprint density at radius 3 is 2.83 bits per heavy atom. The molecule has 7 heteroatoms. The zero-order valence-corrected chi connectivity index (χ0v) is 11.5. The molecule has 1 rings (SSSR count). The summed E-state index contributed by atoms with van der Waals surface area (Å²) in [7, 11) is 1.72. The molecule has 1 aromatic rings. The Hall–Kier alpha value is -1.21. The highest BCUT2D eigenvalue weighted by molar-refractivity contribution is 7.99. The second-order valence-corrected chi connectivity index (χ2v) is 5.08. The standard InChI is InChI=1S/C11H19N3O3S/c1-8-9(11(16)17)10(14(2)13-8)12-4-7-18-6-3-5-15/h12,15H,3-7H2,1-2H3,(H,16,17). The molecule has 0 aliphatic rings. The molecule has 0 atom stereocenters. The zero-order chi connectivity index (χ0) is 13.5. The van der Waals surface area contributed by atoms with E-state index in [1.165, 1.54) is 0 Å². The molecule has 0 saturated heterocycles. The molecule has 0 saturated carbocycles. The normalized spacial score (nSPS) is 10.6. The van der Waals surface area contributed by atoms with Gasteiger partial charge in [0.15, 0.2) is 0 Å². The van der Waals surface area contributed by atoms with Gasteiger partial charge in [0.25, 0.3) is 0 Å². The second-order valence-electron chi connectivity index (χ2n) is 3.85. The molecule has 0 aliphatic carbocycles. The third kappa shape index (κ3) is 3.92. The van der Waals surface area contributed by atoms with Crippen LogP contribution in [0.15, 0.2) is 0 Å². The van der Waals surface area contributed by atoms with E-state index in [1.807, 2.05) is 0 Å². The summed E-state index contributed by atoms with van der Waals surface area (Å²) in [6, 6.07) is 0. The highest BCUT2D eigenvalue weighted by atomic mass is 32.2. The molecule has 0 bridgehead atoms. The molecule has 3 N–H and O–H groups in total. The number of nitrogens with zero attached hydrogens (tertiary/aromatic N) is 2. The van der Waals surface area contributed by atoms with Gasteiger partial charge < -0.3 is 15.5 Å². The van der Waals surface area contributed by atoms with Gasteiger partial charge in [0, 0.05) is 26.0 Å². The van der Waals surface area contributed by atoms with Gasteiger partial charge in [0.05, 0.1) is 5.69 Å². The number of aromatic nitrogens is 2. The topological polar surface area (TPSA) is 87.4 Å². The molecule has 0 amide bonds. The molecular weight excluding hydrogens is 254 g/mol. The number of nitrogens with one attached hydrogen (secondary N) is 1. The number of carboxylic acids is 1. The minimum atomic E-state index is -0.962. The van der Waals surface area contributed by atoms with Crippen molar-refractivity contribution in [1.82, 2.24) is 9.78 Å². The van der Waals surface area contributed by atoms with Crippen LogP contribution in [0.5, 0.6) is 0 Å². The molecular formula is C11H19N3O3S. The molecule has 6 nitrogen and oxygen atoms in total. The van der Waals surface area contributed by atoms with E-state index in [1.54, 1.807) is 30.4 Å². The molecule has 0 aromatic carbocycles. The van der Waals surface area contributed by atoms with E-state index in [9.17, 15) is 4.79 Å². The maximum absolute atomic E-state index is 11.1. The zero-order valence-electron chi connectivity index (χ0n) is 10.6. The number of aryl methyl sites for hydroxylation is 2. The van der Waals surface area contributed by atoms with E-state index >= 15 is 0 Å². The number of thioether (sulfide) groups is 1. The number of aliphatic hydroxyl groups excluding tert-OH is 1. The summed E-state index contributed by atoms with van der Waals surface area (Å²) < 4.78 is 1.55. The number of aromatic carboxylic acids is 1. The molecule has 18 heavy (non-hydrogen) atoms. The van der Waals surface area contributed by atoms with Gasteiger partial charge in [-0.2, -0.15) is 16.9 Å². The lowest BCUT2D eigenvalue weighted by molar-refractivity contribution is 0.0697. The Balaban J connectivity index is 2.49. The monoisotopic (exact) mass is 273 g/mol. The van der Waals surface area contributed by atoms with Crippen LogP contribution in [0, 0.1) is 6.92 Å². The maximum Gasteiger partial charge on any atom is 0.341 e. The third-order valence-corrected chi connectivity index (χ3v) is 3.49. The van der Waals surface area contributed by atoms with Gasteiger partial charge in [0.2, 0.25) is 0 Å². The Bertz CT molecular complexity index is 406. The van der Waals surface area contributed by atoms with Crippen molar-refractivity contribution in [2.75, 3.05) is 30.0 Å². The van der Waals surface area contributed by atoms with Crippen LogP contribution in [0.25, 0.3) is 0 Å². The Labute approximate surface area is 110 Å². The Morgan fingerprint density at radius 1 is 1.50 bits per heavy atom. The smallest absolute Gasteiger partial charge is 0.341 e. The van der Waals surface area contributed by atoms with Gasteiger partial charge in [-0.15, -0.1) is 0 Å². The fraction of sp³-hybridized carbons (Fsp3) is 0.636. The minimum absolute atomic E-state index is 0.213. The lowest BCUT2D eigenvalue weighted by Gasteiger charge is -2.07. The van der Waals surface area contributed by atoms with Gasteiger partial charge in [0.1, 0.15) is 11.4 Å². The van der Waals surface area contributed by atoms with Crippen molar-refractivity contribution in [3.8, 4) is 0 Å². The van der Waals surface area contributed by atoms with E-state index in [0.29, 0.717) is 18.1 Å². The van der Waals surface area contributed by atoms with Crippen molar-refractivity contribution in [3.63, 3.8) is 0 Å². The van der Waals surface area contributed by atoms with E-state index in [2.05, 4.69) is 10.4 Å². The van der Waals surface area contributed by atoms with E-state index in [0.717, 1.165) is 17.9 Å². The van der Waals surface area contributed by atoms with Crippen LogP contribution in [-0.2, 0) is 7.05 Å². The number of carboxylic acid groups (broad SMARTS) is 1. The van der Waals surface area contributed by atoms with Crippen LogP contribution in [0.3, 0.4) is 0 Å². The Morgan fingerprint density at radius 2 is 2.22 bits per heavy atom. The van der Waals surface area contributed by atoms with Crippen molar-refractivity contribution in [3.05, 3.63) is 11.3 Å². The summed E-state index contributed by atoms with van der Waals surface area (Å²) >= 11 is 1.72. The van der Waals surface area contributed by atoms with E-state index in [4.69, 9.17) is 10.2 Å². The molecule has 0 spiro atoms. The maximum atomic E-state index is 11.1. The summed E-state index contributed by atoms with van der Waals surface area (Å²) in [6.45, 7) is 2.57. The quantitative estimate of drug-likeness (QED) is 0.611. The molecule has 0 radical (unpaired) electrons. The number of rotatable bonds is 8.